The third-order valence-electron chi connectivity index (χ3n) is 6.61. The fourth-order valence-corrected chi connectivity index (χ4v) is 5.59. The SMILES string of the molecule is COc1ccc2sc(N3CC(C(=O)N4CCN(Cc5ccc6c(c5)OCO6)CC4)C3)nc2c1. The molecular weight excluding hydrogens is 440 g/mol. The maximum atomic E-state index is 13.0. The summed E-state index contributed by atoms with van der Waals surface area (Å²) in [5.41, 5.74) is 2.16. The number of hydrogen-bond donors (Lipinski definition) is 0. The minimum Gasteiger partial charge on any atom is -0.497 e. The minimum absolute atomic E-state index is 0.0620. The van der Waals surface area contributed by atoms with Gasteiger partial charge < -0.3 is 24.0 Å². The molecule has 1 aromatic heterocycles. The summed E-state index contributed by atoms with van der Waals surface area (Å²) in [7, 11) is 1.66. The van der Waals surface area contributed by atoms with E-state index in [4.69, 9.17) is 19.2 Å². The molecule has 8 nitrogen and oxygen atoms in total. The standard InChI is InChI=1S/C24H26N4O4S/c1-30-18-3-5-22-19(11-18)25-24(33-22)28-13-17(14-28)23(29)27-8-6-26(7-9-27)12-16-2-4-20-21(10-16)32-15-31-20/h2-5,10-11,17H,6-9,12-15H2,1H3. The van der Waals surface area contributed by atoms with Gasteiger partial charge in [-0.05, 0) is 29.8 Å². The maximum absolute atomic E-state index is 13.0. The second-order valence-electron chi connectivity index (χ2n) is 8.72. The molecule has 0 bridgehead atoms. The minimum atomic E-state index is 0.0620. The fourth-order valence-electron chi connectivity index (χ4n) is 4.63. The molecule has 0 saturated carbocycles. The number of hydrogen-bond acceptors (Lipinski definition) is 8. The number of aromatic nitrogens is 1. The fraction of sp³-hybridized carbons (Fsp3) is 0.417. The van der Waals surface area contributed by atoms with Crippen LogP contribution in [0.1, 0.15) is 5.56 Å². The highest BCUT2D eigenvalue weighted by molar-refractivity contribution is 7.22. The van der Waals surface area contributed by atoms with Gasteiger partial charge in [0.1, 0.15) is 5.75 Å². The summed E-state index contributed by atoms with van der Waals surface area (Å²) in [6, 6.07) is 12.1. The van der Waals surface area contributed by atoms with Crippen LogP contribution in [-0.4, -0.2) is 73.9 Å². The molecule has 9 heteroatoms. The lowest BCUT2D eigenvalue weighted by Crippen LogP contribution is -2.57. The second kappa shape index (κ2) is 8.39. The first-order valence-corrected chi connectivity index (χ1v) is 12.1. The van der Waals surface area contributed by atoms with Crippen molar-refractivity contribution in [1.29, 1.82) is 0 Å². The van der Waals surface area contributed by atoms with Gasteiger partial charge in [0.25, 0.3) is 0 Å². The quantitative estimate of drug-likeness (QED) is 0.573. The van der Waals surface area contributed by atoms with Gasteiger partial charge in [-0.1, -0.05) is 17.4 Å². The van der Waals surface area contributed by atoms with E-state index in [9.17, 15) is 4.79 Å². The number of fused-ring (bicyclic) bond motifs is 2. The number of amides is 1. The van der Waals surface area contributed by atoms with Crippen molar-refractivity contribution < 1.29 is 19.0 Å². The van der Waals surface area contributed by atoms with Crippen LogP contribution in [0.25, 0.3) is 10.2 Å². The summed E-state index contributed by atoms with van der Waals surface area (Å²) < 4.78 is 17.3. The lowest BCUT2D eigenvalue weighted by molar-refractivity contribution is -0.138. The van der Waals surface area contributed by atoms with E-state index < -0.39 is 0 Å². The summed E-state index contributed by atoms with van der Waals surface area (Å²) in [5, 5.41) is 0.982. The molecular formula is C24H26N4O4S. The monoisotopic (exact) mass is 466 g/mol. The van der Waals surface area contributed by atoms with Gasteiger partial charge >= 0.3 is 0 Å². The van der Waals surface area contributed by atoms with E-state index in [1.807, 2.05) is 29.2 Å². The third-order valence-corrected chi connectivity index (χ3v) is 7.71. The molecule has 0 unspecified atom stereocenters. The Balaban J connectivity index is 1.00. The van der Waals surface area contributed by atoms with Crippen LogP contribution in [0, 0.1) is 5.92 Å². The second-order valence-corrected chi connectivity index (χ2v) is 9.73. The Morgan fingerprint density at radius 1 is 1.09 bits per heavy atom. The van der Waals surface area contributed by atoms with E-state index >= 15 is 0 Å². The van der Waals surface area contributed by atoms with Crippen molar-refractivity contribution in [3.05, 3.63) is 42.0 Å². The Labute approximate surface area is 196 Å². The van der Waals surface area contributed by atoms with Crippen LogP contribution in [0.2, 0.25) is 0 Å². The Morgan fingerprint density at radius 3 is 2.73 bits per heavy atom. The number of ether oxygens (including phenoxy) is 3. The van der Waals surface area contributed by atoms with E-state index in [1.165, 1.54) is 5.56 Å². The smallest absolute Gasteiger partial charge is 0.231 e. The molecule has 0 atom stereocenters. The Bertz CT molecular complexity index is 1180. The molecule has 2 saturated heterocycles. The molecule has 3 aliphatic rings. The molecule has 1 amide bonds. The third kappa shape index (κ3) is 3.95. The summed E-state index contributed by atoms with van der Waals surface area (Å²) in [5.74, 6) is 2.79. The molecule has 4 heterocycles. The first-order chi connectivity index (χ1) is 16.2. The number of carbonyl (C=O) groups excluding carboxylic acids is 1. The average Bonchev–Trinajstić information content (AvgIpc) is 3.44. The summed E-state index contributed by atoms with van der Waals surface area (Å²) in [6.07, 6.45) is 0. The van der Waals surface area contributed by atoms with Gasteiger partial charge in [0.2, 0.25) is 12.7 Å². The van der Waals surface area contributed by atoms with Crippen LogP contribution >= 0.6 is 11.3 Å². The van der Waals surface area contributed by atoms with Crippen molar-refractivity contribution in [1.82, 2.24) is 14.8 Å². The van der Waals surface area contributed by atoms with Crippen LogP contribution in [0.4, 0.5) is 5.13 Å². The molecule has 2 fully saturated rings. The largest absolute Gasteiger partial charge is 0.497 e. The van der Waals surface area contributed by atoms with Crippen LogP contribution in [0.15, 0.2) is 36.4 Å². The predicted molar refractivity (Wildman–Crippen MR) is 126 cm³/mol. The van der Waals surface area contributed by atoms with Crippen molar-refractivity contribution in [3.63, 3.8) is 0 Å². The van der Waals surface area contributed by atoms with Crippen molar-refractivity contribution in [2.75, 3.05) is 58.1 Å². The molecule has 3 aromatic rings. The van der Waals surface area contributed by atoms with Crippen molar-refractivity contribution in [3.8, 4) is 17.2 Å². The van der Waals surface area contributed by atoms with Crippen LogP contribution in [0.5, 0.6) is 17.2 Å². The van der Waals surface area contributed by atoms with Gasteiger partial charge in [0, 0.05) is 51.9 Å². The number of carbonyl (C=O) groups is 1. The highest BCUT2D eigenvalue weighted by atomic mass is 32.1. The summed E-state index contributed by atoms with van der Waals surface area (Å²) in [6.45, 7) is 5.97. The molecule has 0 aliphatic carbocycles. The average molecular weight is 467 g/mol. The predicted octanol–water partition coefficient (Wildman–Crippen LogP) is 2.81. The Morgan fingerprint density at radius 2 is 1.91 bits per heavy atom. The normalized spacial score (nSPS) is 18.6. The number of rotatable bonds is 5. The van der Waals surface area contributed by atoms with Gasteiger partial charge in [-0.2, -0.15) is 0 Å². The number of thiazole rings is 1. The summed E-state index contributed by atoms with van der Waals surface area (Å²) in [4.78, 5) is 24.4. The number of benzene rings is 2. The van der Waals surface area contributed by atoms with Crippen molar-refractivity contribution >= 4 is 32.6 Å². The van der Waals surface area contributed by atoms with Gasteiger partial charge in [-0.25, -0.2) is 4.98 Å². The topological polar surface area (TPSA) is 67.4 Å². The van der Waals surface area contributed by atoms with Gasteiger partial charge in [0.05, 0.1) is 23.2 Å². The summed E-state index contributed by atoms with van der Waals surface area (Å²) >= 11 is 1.67. The van der Waals surface area contributed by atoms with Crippen molar-refractivity contribution in [2.24, 2.45) is 5.92 Å². The molecule has 2 aromatic carbocycles. The van der Waals surface area contributed by atoms with Gasteiger partial charge in [-0.3, -0.25) is 9.69 Å². The molecule has 6 rings (SSSR count). The number of nitrogens with zero attached hydrogens (tertiary/aromatic N) is 4. The molecule has 3 aliphatic heterocycles. The zero-order valence-corrected chi connectivity index (χ0v) is 19.3. The van der Waals surface area contributed by atoms with E-state index in [-0.39, 0.29) is 11.8 Å². The van der Waals surface area contributed by atoms with Crippen LogP contribution < -0.4 is 19.1 Å². The number of methoxy groups -OCH3 is 1. The zero-order valence-electron chi connectivity index (χ0n) is 18.5. The number of piperazine rings is 1. The molecule has 0 radical (unpaired) electrons. The molecule has 0 N–H and O–H groups in total. The first-order valence-electron chi connectivity index (χ1n) is 11.3. The Kier molecular flexibility index (Phi) is 5.22. The first kappa shape index (κ1) is 20.6. The van der Waals surface area contributed by atoms with E-state index in [2.05, 4.69) is 21.9 Å². The highest BCUT2D eigenvalue weighted by Gasteiger charge is 2.37. The molecule has 0 spiro atoms. The lowest BCUT2D eigenvalue weighted by Gasteiger charge is -2.42. The van der Waals surface area contributed by atoms with Crippen LogP contribution in [-0.2, 0) is 11.3 Å². The van der Waals surface area contributed by atoms with Gasteiger partial charge in [0.15, 0.2) is 16.6 Å². The maximum Gasteiger partial charge on any atom is 0.231 e. The molecule has 33 heavy (non-hydrogen) atoms. The van der Waals surface area contributed by atoms with E-state index in [1.54, 1.807) is 18.4 Å². The van der Waals surface area contributed by atoms with E-state index in [0.29, 0.717) is 6.79 Å². The Hall–Kier alpha value is -3.04. The van der Waals surface area contributed by atoms with E-state index in [0.717, 1.165) is 78.4 Å². The van der Waals surface area contributed by atoms with Gasteiger partial charge in [-0.15, -0.1) is 0 Å². The lowest BCUT2D eigenvalue weighted by atomic mass is 9.99. The zero-order chi connectivity index (χ0) is 22.4. The molecule has 172 valence electrons. The van der Waals surface area contributed by atoms with Crippen LogP contribution in [0.3, 0.4) is 0 Å². The highest BCUT2D eigenvalue weighted by Crippen LogP contribution is 2.35. The number of anilines is 1. The van der Waals surface area contributed by atoms with Crippen molar-refractivity contribution in [2.45, 2.75) is 6.54 Å².